The molecule has 3 nitrogen and oxygen atoms in total. The lowest BCUT2D eigenvalue weighted by molar-refractivity contribution is 0.410. The van der Waals surface area contributed by atoms with Gasteiger partial charge in [-0.3, -0.25) is 4.98 Å². The number of methoxy groups -OCH3 is 1. The first kappa shape index (κ1) is 13.1. The summed E-state index contributed by atoms with van der Waals surface area (Å²) in [4.78, 5) is 4.81. The fourth-order valence-corrected chi connectivity index (χ4v) is 2.77. The van der Waals surface area contributed by atoms with Crippen LogP contribution in [0.15, 0.2) is 42.5 Å². The van der Waals surface area contributed by atoms with Crippen LogP contribution in [-0.2, 0) is 6.42 Å². The normalized spacial score (nSPS) is 18.1. The van der Waals surface area contributed by atoms with Crippen LogP contribution in [0.3, 0.4) is 0 Å². The zero-order valence-electron chi connectivity index (χ0n) is 11.8. The average Bonchev–Trinajstić information content (AvgIpc) is 3.02. The molecule has 104 valence electrons. The summed E-state index contributed by atoms with van der Waals surface area (Å²) in [5.41, 5.74) is 3.44. The maximum atomic E-state index is 5.41. The molecule has 0 radical (unpaired) electrons. The van der Waals surface area contributed by atoms with E-state index in [1.54, 1.807) is 7.11 Å². The predicted octanol–water partition coefficient (Wildman–Crippen LogP) is 3.11. The maximum absolute atomic E-state index is 5.41. The largest absolute Gasteiger partial charge is 0.496 e. The summed E-state index contributed by atoms with van der Waals surface area (Å²) in [5.74, 6) is 0.929. The van der Waals surface area contributed by atoms with Gasteiger partial charge >= 0.3 is 0 Å². The zero-order valence-corrected chi connectivity index (χ0v) is 11.8. The Morgan fingerprint density at radius 3 is 2.90 bits per heavy atom. The summed E-state index contributed by atoms with van der Waals surface area (Å²) < 4.78 is 5.41. The van der Waals surface area contributed by atoms with E-state index in [2.05, 4.69) is 29.6 Å². The van der Waals surface area contributed by atoms with Crippen molar-refractivity contribution in [2.24, 2.45) is 0 Å². The van der Waals surface area contributed by atoms with E-state index < -0.39 is 0 Å². The van der Waals surface area contributed by atoms with Crippen molar-refractivity contribution in [3.05, 3.63) is 59.4 Å². The molecule has 0 amide bonds. The molecule has 1 aliphatic rings. The van der Waals surface area contributed by atoms with E-state index in [1.165, 1.54) is 18.4 Å². The van der Waals surface area contributed by atoms with Crippen molar-refractivity contribution in [1.29, 1.82) is 0 Å². The number of nitrogens with zero attached hydrogens (tertiary/aromatic N) is 1. The molecule has 20 heavy (non-hydrogen) atoms. The minimum atomic E-state index is 0.424. The van der Waals surface area contributed by atoms with Crippen LogP contribution in [0.25, 0.3) is 0 Å². The molecule has 1 fully saturated rings. The minimum absolute atomic E-state index is 0.424. The number of hydrogen-bond acceptors (Lipinski definition) is 3. The highest BCUT2D eigenvalue weighted by molar-refractivity contribution is 5.36. The van der Waals surface area contributed by atoms with Gasteiger partial charge in [-0.1, -0.05) is 24.3 Å². The van der Waals surface area contributed by atoms with Gasteiger partial charge in [0.1, 0.15) is 5.75 Å². The van der Waals surface area contributed by atoms with E-state index in [-0.39, 0.29) is 0 Å². The molecule has 3 heteroatoms. The highest BCUT2D eigenvalue weighted by Crippen LogP contribution is 2.23. The number of para-hydroxylation sites is 1. The van der Waals surface area contributed by atoms with Crippen molar-refractivity contribution in [2.45, 2.75) is 25.3 Å². The monoisotopic (exact) mass is 268 g/mol. The van der Waals surface area contributed by atoms with Crippen LogP contribution in [0.5, 0.6) is 5.75 Å². The van der Waals surface area contributed by atoms with Gasteiger partial charge in [0.15, 0.2) is 0 Å². The number of ether oxygens (including phenoxy) is 1. The van der Waals surface area contributed by atoms with Crippen molar-refractivity contribution >= 4 is 0 Å². The molecule has 0 saturated carbocycles. The Bertz CT molecular complexity index is 577. The van der Waals surface area contributed by atoms with Gasteiger partial charge in [-0.2, -0.15) is 0 Å². The van der Waals surface area contributed by atoms with E-state index in [9.17, 15) is 0 Å². The highest BCUT2D eigenvalue weighted by Gasteiger charge is 2.17. The topological polar surface area (TPSA) is 34.1 Å². The van der Waals surface area contributed by atoms with Gasteiger partial charge < -0.3 is 10.1 Å². The van der Waals surface area contributed by atoms with Gasteiger partial charge in [0, 0.05) is 23.7 Å². The molecule has 1 atom stereocenters. The van der Waals surface area contributed by atoms with E-state index >= 15 is 0 Å². The SMILES string of the molecule is COc1ccccc1Cc1cccc([C@H]2CCCN2)n1. The van der Waals surface area contributed by atoms with Crippen LogP contribution in [0.2, 0.25) is 0 Å². The molecule has 2 aromatic rings. The van der Waals surface area contributed by atoms with Gasteiger partial charge in [-0.15, -0.1) is 0 Å². The third kappa shape index (κ3) is 2.83. The van der Waals surface area contributed by atoms with Crippen molar-refractivity contribution in [3.8, 4) is 5.75 Å². The molecular formula is C17H20N2O. The molecule has 0 unspecified atom stereocenters. The van der Waals surface area contributed by atoms with Gasteiger partial charge in [0.05, 0.1) is 12.8 Å². The van der Waals surface area contributed by atoms with Crippen LogP contribution in [0.1, 0.15) is 35.8 Å². The second kappa shape index (κ2) is 6.06. The molecule has 1 aliphatic heterocycles. The summed E-state index contributed by atoms with van der Waals surface area (Å²) in [5, 5.41) is 3.50. The molecule has 1 aromatic carbocycles. The Morgan fingerprint density at radius 2 is 2.10 bits per heavy atom. The summed E-state index contributed by atoms with van der Waals surface area (Å²) in [6.45, 7) is 1.10. The van der Waals surface area contributed by atoms with Crippen molar-refractivity contribution < 1.29 is 4.74 Å². The number of rotatable bonds is 4. The molecule has 1 saturated heterocycles. The summed E-state index contributed by atoms with van der Waals surface area (Å²) >= 11 is 0. The van der Waals surface area contributed by atoms with Gasteiger partial charge in [-0.25, -0.2) is 0 Å². The van der Waals surface area contributed by atoms with E-state index in [1.807, 2.05) is 18.2 Å². The fraction of sp³-hybridized carbons (Fsp3) is 0.353. The van der Waals surface area contributed by atoms with Crippen LogP contribution in [-0.4, -0.2) is 18.6 Å². The number of pyridine rings is 1. The fourth-order valence-electron chi connectivity index (χ4n) is 2.77. The summed E-state index contributed by atoms with van der Waals surface area (Å²) in [6.07, 6.45) is 3.23. The van der Waals surface area contributed by atoms with Crippen LogP contribution in [0, 0.1) is 0 Å². The van der Waals surface area contributed by atoms with Gasteiger partial charge in [-0.05, 0) is 37.6 Å². The van der Waals surface area contributed by atoms with Crippen LogP contribution in [0.4, 0.5) is 0 Å². The second-order valence-corrected chi connectivity index (χ2v) is 5.19. The molecule has 1 aromatic heterocycles. The first-order chi connectivity index (χ1) is 9.86. The minimum Gasteiger partial charge on any atom is -0.496 e. The molecule has 0 spiro atoms. The van der Waals surface area contributed by atoms with Gasteiger partial charge in [0.2, 0.25) is 0 Å². The lowest BCUT2D eigenvalue weighted by Crippen LogP contribution is -2.14. The van der Waals surface area contributed by atoms with Crippen LogP contribution < -0.4 is 10.1 Å². The third-order valence-corrected chi connectivity index (χ3v) is 3.81. The highest BCUT2D eigenvalue weighted by atomic mass is 16.5. The van der Waals surface area contributed by atoms with Crippen LogP contribution >= 0.6 is 0 Å². The summed E-state index contributed by atoms with van der Waals surface area (Å²) in [6, 6.07) is 14.9. The number of hydrogen-bond donors (Lipinski definition) is 1. The predicted molar refractivity (Wildman–Crippen MR) is 80.0 cm³/mol. The molecular weight excluding hydrogens is 248 g/mol. The number of benzene rings is 1. The number of nitrogens with one attached hydrogen (secondary N) is 1. The first-order valence-electron chi connectivity index (χ1n) is 7.18. The second-order valence-electron chi connectivity index (χ2n) is 5.19. The third-order valence-electron chi connectivity index (χ3n) is 3.81. The van der Waals surface area contributed by atoms with Crippen molar-refractivity contribution in [3.63, 3.8) is 0 Å². The summed E-state index contributed by atoms with van der Waals surface area (Å²) in [7, 11) is 1.71. The molecule has 3 rings (SSSR count). The Hall–Kier alpha value is -1.87. The Balaban J connectivity index is 1.82. The van der Waals surface area contributed by atoms with Crippen molar-refractivity contribution in [2.75, 3.05) is 13.7 Å². The molecule has 2 heterocycles. The Kier molecular flexibility index (Phi) is 3.97. The van der Waals surface area contributed by atoms with E-state index in [0.29, 0.717) is 6.04 Å². The van der Waals surface area contributed by atoms with Gasteiger partial charge in [0.25, 0.3) is 0 Å². The standard InChI is InChI=1S/C17H20N2O/c1-20-17-10-3-2-6-13(17)12-14-7-4-8-16(19-14)15-9-5-11-18-15/h2-4,6-8,10,15,18H,5,9,11-12H2,1H3/t15-/m1/s1. The number of aromatic nitrogens is 1. The first-order valence-corrected chi connectivity index (χ1v) is 7.18. The van der Waals surface area contributed by atoms with E-state index in [4.69, 9.17) is 9.72 Å². The zero-order chi connectivity index (χ0) is 13.8. The lowest BCUT2D eigenvalue weighted by atomic mass is 10.1. The Morgan fingerprint density at radius 1 is 1.20 bits per heavy atom. The molecule has 0 aliphatic carbocycles. The molecule has 0 bridgehead atoms. The average molecular weight is 268 g/mol. The quantitative estimate of drug-likeness (QED) is 0.925. The Labute approximate surface area is 120 Å². The molecule has 1 N–H and O–H groups in total. The van der Waals surface area contributed by atoms with E-state index in [0.717, 1.165) is 30.1 Å². The van der Waals surface area contributed by atoms with Crippen molar-refractivity contribution in [1.82, 2.24) is 10.3 Å². The lowest BCUT2D eigenvalue weighted by Gasteiger charge is -2.12. The smallest absolute Gasteiger partial charge is 0.122 e. The maximum Gasteiger partial charge on any atom is 0.122 e.